The third-order valence-electron chi connectivity index (χ3n) is 2.25. The molecule has 5 nitrogen and oxygen atoms in total. The number of rotatable bonds is 1. The van der Waals surface area contributed by atoms with Crippen molar-refractivity contribution >= 4 is 6.09 Å². The average molecular weight is 173 g/mol. The SMILES string of the molecule is NC(=O)OC1COC2OCCC12. The van der Waals surface area contributed by atoms with Crippen molar-refractivity contribution in [3.8, 4) is 0 Å². The summed E-state index contributed by atoms with van der Waals surface area (Å²) in [5, 5.41) is 0. The molecule has 1 amide bonds. The predicted octanol–water partition coefficient (Wildman–Crippen LogP) is -0.157. The number of amides is 1. The molecule has 0 bridgehead atoms. The van der Waals surface area contributed by atoms with Crippen LogP contribution < -0.4 is 5.73 Å². The lowest BCUT2D eigenvalue weighted by atomic mass is 10.0. The third kappa shape index (κ3) is 1.25. The van der Waals surface area contributed by atoms with Crippen molar-refractivity contribution in [1.29, 1.82) is 0 Å². The van der Waals surface area contributed by atoms with E-state index in [1.54, 1.807) is 0 Å². The molecule has 3 atom stereocenters. The van der Waals surface area contributed by atoms with E-state index in [9.17, 15) is 4.79 Å². The first-order valence-electron chi connectivity index (χ1n) is 3.96. The van der Waals surface area contributed by atoms with Crippen molar-refractivity contribution < 1.29 is 19.0 Å². The molecule has 2 N–H and O–H groups in total. The molecule has 2 saturated heterocycles. The van der Waals surface area contributed by atoms with Gasteiger partial charge in [0.25, 0.3) is 0 Å². The predicted molar refractivity (Wildman–Crippen MR) is 38.3 cm³/mol. The largest absolute Gasteiger partial charge is 0.443 e. The van der Waals surface area contributed by atoms with Gasteiger partial charge >= 0.3 is 6.09 Å². The number of nitrogens with two attached hydrogens (primary N) is 1. The lowest BCUT2D eigenvalue weighted by Crippen LogP contribution is -2.28. The first-order chi connectivity index (χ1) is 5.77. The van der Waals surface area contributed by atoms with Crippen LogP contribution in [0.4, 0.5) is 4.79 Å². The fraction of sp³-hybridized carbons (Fsp3) is 0.857. The Kier molecular flexibility index (Phi) is 1.90. The van der Waals surface area contributed by atoms with Crippen LogP contribution in [-0.4, -0.2) is 31.7 Å². The lowest BCUT2D eigenvalue weighted by molar-refractivity contribution is -0.0907. The van der Waals surface area contributed by atoms with Crippen LogP contribution in [0.3, 0.4) is 0 Å². The molecule has 0 aliphatic carbocycles. The van der Waals surface area contributed by atoms with E-state index in [1.165, 1.54) is 0 Å². The Morgan fingerprint density at radius 2 is 2.33 bits per heavy atom. The van der Waals surface area contributed by atoms with Gasteiger partial charge < -0.3 is 19.9 Å². The number of fused-ring (bicyclic) bond motifs is 1. The second-order valence-corrected chi connectivity index (χ2v) is 3.00. The van der Waals surface area contributed by atoms with E-state index in [0.29, 0.717) is 13.2 Å². The highest BCUT2D eigenvalue weighted by Crippen LogP contribution is 2.32. The number of hydrogen-bond donors (Lipinski definition) is 1. The van der Waals surface area contributed by atoms with Crippen LogP contribution in [0.15, 0.2) is 0 Å². The molecule has 68 valence electrons. The summed E-state index contributed by atoms with van der Waals surface area (Å²) in [6.07, 6.45) is -0.261. The molecule has 0 aromatic rings. The zero-order valence-electron chi connectivity index (χ0n) is 6.56. The highest BCUT2D eigenvalue weighted by Gasteiger charge is 2.43. The fourth-order valence-corrected chi connectivity index (χ4v) is 1.70. The third-order valence-corrected chi connectivity index (χ3v) is 2.25. The summed E-state index contributed by atoms with van der Waals surface area (Å²) in [5.74, 6) is 0.178. The number of primary amides is 1. The first kappa shape index (κ1) is 7.82. The lowest BCUT2D eigenvalue weighted by Gasteiger charge is -2.13. The van der Waals surface area contributed by atoms with E-state index in [2.05, 4.69) is 0 Å². The molecule has 2 aliphatic heterocycles. The number of ether oxygens (including phenoxy) is 3. The second-order valence-electron chi connectivity index (χ2n) is 3.00. The maximum Gasteiger partial charge on any atom is 0.404 e. The van der Waals surface area contributed by atoms with Gasteiger partial charge in [-0.2, -0.15) is 0 Å². The maximum atomic E-state index is 10.4. The van der Waals surface area contributed by atoms with E-state index in [1.807, 2.05) is 0 Å². The van der Waals surface area contributed by atoms with Crippen LogP contribution >= 0.6 is 0 Å². The Morgan fingerprint density at radius 3 is 3.08 bits per heavy atom. The standard InChI is InChI=1S/C7H11NO4/c8-7(9)12-5-3-11-6-4(5)1-2-10-6/h4-6H,1-3H2,(H2,8,9). The Bertz CT molecular complexity index is 196. The van der Waals surface area contributed by atoms with Crippen LogP contribution in [0.25, 0.3) is 0 Å². The smallest absolute Gasteiger partial charge is 0.404 e. The summed E-state index contributed by atoms with van der Waals surface area (Å²) >= 11 is 0. The van der Waals surface area contributed by atoms with Gasteiger partial charge in [-0.1, -0.05) is 0 Å². The van der Waals surface area contributed by atoms with Crippen molar-refractivity contribution in [2.75, 3.05) is 13.2 Å². The van der Waals surface area contributed by atoms with Crippen molar-refractivity contribution in [2.24, 2.45) is 11.7 Å². The topological polar surface area (TPSA) is 70.8 Å². The van der Waals surface area contributed by atoms with Gasteiger partial charge in [0, 0.05) is 0 Å². The molecule has 12 heavy (non-hydrogen) atoms. The monoisotopic (exact) mass is 173 g/mol. The zero-order valence-corrected chi connectivity index (χ0v) is 6.56. The van der Waals surface area contributed by atoms with Gasteiger partial charge in [-0.15, -0.1) is 0 Å². The summed E-state index contributed by atoms with van der Waals surface area (Å²) in [7, 11) is 0. The highest BCUT2D eigenvalue weighted by atomic mass is 16.7. The molecule has 0 saturated carbocycles. The summed E-state index contributed by atoms with van der Waals surface area (Å²) in [5.41, 5.74) is 4.90. The summed E-state index contributed by atoms with van der Waals surface area (Å²) in [4.78, 5) is 10.4. The molecular formula is C7H11NO4. The van der Waals surface area contributed by atoms with Crippen LogP contribution in [0.5, 0.6) is 0 Å². The van der Waals surface area contributed by atoms with Crippen LogP contribution in [0, 0.1) is 5.92 Å². The molecule has 2 fully saturated rings. The molecule has 5 heteroatoms. The molecule has 0 aromatic heterocycles. The normalized spacial score (nSPS) is 39.5. The molecule has 2 rings (SSSR count). The molecule has 3 unspecified atom stereocenters. The van der Waals surface area contributed by atoms with E-state index in [-0.39, 0.29) is 18.3 Å². The van der Waals surface area contributed by atoms with Gasteiger partial charge in [0.05, 0.1) is 19.1 Å². The van der Waals surface area contributed by atoms with Crippen molar-refractivity contribution in [3.63, 3.8) is 0 Å². The van der Waals surface area contributed by atoms with Crippen molar-refractivity contribution in [2.45, 2.75) is 18.8 Å². The quantitative estimate of drug-likeness (QED) is 0.598. The molecule has 0 spiro atoms. The van der Waals surface area contributed by atoms with E-state index >= 15 is 0 Å². The summed E-state index contributed by atoms with van der Waals surface area (Å²) in [6, 6.07) is 0. The first-order valence-corrected chi connectivity index (χ1v) is 3.96. The Hall–Kier alpha value is -0.810. The zero-order chi connectivity index (χ0) is 8.55. The maximum absolute atomic E-state index is 10.4. The van der Waals surface area contributed by atoms with Gasteiger partial charge in [0.2, 0.25) is 0 Å². The van der Waals surface area contributed by atoms with Crippen LogP contribution in [0.2, 0.25) is 0 Å². The molecular weight excluding hydrogens is 162 g/mol. The van der Waals surface area contributed by atoms with Gasteiger partial charge in [-0.3, -0.25) is 0 Å². The molecule has 2 aliphatic rings. The minimum absolute atomic E-state index is 0.178. The van der Waals surface area contributed by atoms with Gasteiger partial charge in [0.15, 0.2) is 6.29 Å². The van der Waals surface area contributed by atoms with Crippen LogP contribution in [0.1, 0.15) is 6.42 Å². The van der Waals surface area contributed by atoms with E-state index in [0.717, 1.165) is 6.42 Å². The second kappa shape index (κ2) is 2.91. The van der Waals surface area contributed by atoms with Gasteiger partial charge in [-0.05, 0) is 6.42 Å². The number of carbonyl (C=O) groups is 1. The Labute approximate surface area is 69.8 Å². The van der Waals surface area contributed by atoms with Gasteiger partial charge in [-0.25, -0.2) is 4.79 Å². The average Bonchev–Trinajstić information content (AvgIpc) is 2.52. The molecule has 0 radical (unpaired) electrons. The summed E-state index contributed by atoms with van der Waals surface area (Å²) < 4.78 is 15.3. The molecule has 2 heterocycles. The van der Waals surface area contributed by atoms with Crippen molar-refractivity contribution in [3.05, 3.63) is 0 Å². The van der Waals surface area contributed by atoms with Gasteiger partial charge in [0.1, 0.15) is 6.10 Å². The number of carbonyl (C=O) groups excluding carboxylic acids is 1. The Morgan fingerprint density at radius 1 is 1.50 bits per heavy atom. The highest BCUT2D eigenvalue weighted by molar-refractivity contribution is 5.64. The minimum atomic E-state index is -0.740. The van der Waals surface area contributed by atoms with E-state index < -0.39 is 6.09 Å². The fourth-order valence-electron chi connectivity index (χ4n) is 1.70. The number of hydrogen-bond acceptors (Lipinski definition) is 4. The molecule has 0 aromatic carbocycles. The van der Waals surface area contributed by atoms with Crippen LogP contribution in [-0.2, 0) is 14.2 Å². The van der Waals surface area contributed by atoms with E-state index in [4.69, 9.17) is 19.9 Å². The van der Waals surface area contributed by atoms with Crippen molar-refractivity contribution in [1.82, 2.24) is 0 Å². The Balaban J connectivity index is 1.95. The minimum Gasteiger partial charge on any atom is -0.443 e. The summed E-state index contributed by atoms with van der Waals surface area (Å²) in [6.45, 7) is 1.08.